The molecule has 3 aromatic heterocycles. The molecular formula is C24H29N5O2S2. The summed E-state index contributed by atoms with van der Waals surface area (Å²) >= 11 is 2.90. The number of carbonyl (C=O) groups excluding carboxylic acids is 1. The Kier molecular flexibility index (Phi) is 6.96. The zero-order valence-electron chi connectivity index (χ0n) is 19.5. The SMILES string of the molecule is CCCn1c(SCC(=O)Nc2sc3c(c2C#N)CCC(C(C)(C)C)C3)nnc1-c1ccco1. The van der Waals surface area contributed by atoms with Crippen LogP contribution in [0.2, 0.25) is 0 Å². The molecule has 0 aliphatic heterocycles. The summed E-state index contributed by atoms with van der Waals surface area (Å²) in [4.78, 5) is 14.0. The highest BCUT2D eigenvalue weighted by atomic mass is 32.2. The number of amides is 1. The van der Waals surface area contributed by atoms with Crippen LogP contribution in [0, 0.1) is 22.7 Å². The quantitative estimate of drug-likeness (QED) is 0.429. The van der Waals surface area contributed by atoms with Gasteiger partial charge < -0.3 is 9.73 Å². The summed E-state index contributed by atoms with van der Waals surface area (Å²) in [6.45, 7) is 9.64. The molecule has 1 atom stereocenters. The number of furan rings is 1. The molecule has 0 saturated heterocycles. The average Bonchev–Trinajstić information content (AvgIpc) is 3.49. The molecule has 174 valence electrons. The van der Waals surface area contributed by atoms with Crippen LogP contribution in [0.1, 0.15) is 56.5 Å². The third kappa shape index (κ3) is 5.02. The third-order valence-corrected chi connectivity index (χ3v) is 8.23. The minimum absolute atomic E-state index is 0.145. The first-order valence-corrected chi connectivity index (χ1v) is 13.1. The van der Waals surface area contributed by atoms with Gasteiger partial charge in [0.15, 0.2) is 16.7 Å². The highest BCUT2D eigenvalue weighted by Crippen LogP contribution is 2.44. The maximum Gasteiger partial charge on any atom is 0.235 e. The van der Waals surface area contributed by atoms with Gasteiger partial charge >= 0.3 is 0 Å². The smallest absolute Gasteiger partial charge is 0.235 e. The first-order chi connectivity index (χ1) is 15.8. The van der Waals surface area contributed by atoms with Crippen molar-refractivity contribution in [3.05, 3.63) is 34.4 Å². The number of nitrogens with zero attached hydrogens (tertiary/aromatic N) is 4. The molecule has 1 N–H and O–H groups in total. The number of carbonyl (C=O) groups is 1. The van der Waals surface area contributed by atoms with Gasteiger partial charge in [-0.1, -0.05) is 39.5 Å². The number of nitrogens with one attached hydrogen (secondary N) is 1. The predicted octanol–water partition coefficient (Wildman–Crippen LogP) is 5.76. The lowest BCUT2D eigenvalue weighted by Crippen LogP contribution is -2.26. The third-order valence-electron chi connectivity index (χ3n) is 6.09. The van der Waals surface area contributed by atoms with E-state index in [0.717, 1.165) is 37.8 Å². The lowest BCUT2D eigenvalue weighted by Gasteiger charge is -2.33. The van der Waals surface area contributed by atoms with Gasteiger partial charge in [0, 0.05) is 11.4 Å². The van der Waals surface area contributed by atoms with Crippen molar-refractivity contribution in [1.82, 2.24) is 14.8 Å². The molecule has 0 spiro atoms. The average molecular weight is 484 g/mol. The minimum atomic E-state index is -0.145. The van der Waals surface area contributed by atoms with E-state index in [1.807, 2.05) is 16.7 Å². The van der Waals surface area contributed by atoms with Gasteiger partial charge in [-0.3, -0.25) is 9.36 Å². The lowest BCUT2D eigenvalue weighted by molar-refractivity contribution is -0.113. The number of hydrogen-bond donors (Lipinski definition) is 1. The van der Waals surface area contributed by atoms with Gasteiger partial charge in [0.25, 0.3) is 0 Å². The Morgan fingerprint density at radius 1 is 1.42 bits per heavy atom. The Labute approximate surface area is 202 Å². The number of hydrogen-bond acceptors (Lipinski definition) is 7. The molecule has 0 radical (unpaired) electrons. The standard InChI is InChI=1S/C24H29N5O2S2/c1-5-10-29-21(18-7-6-11-31-18)27-28-23(29)32-14-20(30)26-22-17(13-25)16-9-8-15(24(2,3)4)12-19(16)33-22/h6-7,11,15H,5,8-10,12,14H2,1-4H3,(H,26,30). The molecule has 9 heteroatoms. The van der Waals surface area contributed by atoms with E-state index >= 15 is 0 Å². The first kappa shape index (κ1) is 23.6. The molecule has 4 rings (SSSR count). The number of aromatic nitrogens is 3. The molecule has 1 aliphatic carbocycles. The summed E-state index contributed by atoms with van der Waals surface area (Å²) in [5.74, 6) is 1.95. The second-order valence-electron chi connectivity index (χ2n) is 9.40. The summed E-state index contributed by atoms with van der Waals surface area (Å²) in [5.41, 5.74) is 1.99. The van der Waals surface area contributed by atoms with Crippen molar-refractivity contribution in [2.45, 2.75) is 65.1 Å². The van der Waals surface area contributed by atoms with Gasteiger partial charge in [-0.25, -0.2) is 0 Å². The van der Waals surface area contributed by atoms with Gasteiger partial charge in [-0.2, -0.15) is 5.26 Å². The van der Waals surface area contributed by atoms with E-state index in [-0.39, 0.29) is 17.1 Å². The zero-order valence-corrected chi connectivity index (χ0v) is 21.1. The highest BCUT2D eigenvalue weighted by Gasteiger charge is 2.32. The van der Waals surface area contributed by atoms with Crippen LogP contribution in [0.3, 0.4) is 0 Å². The summed E-state index contributed by atoms with van der Waals surface area (Å²) < 4.78 is 7.46. The summed E-state index contributed by atoms with van der Waals surface area (Å²) in [6, 6.07) is 6.00. The van der Waals surface area contributed by atoms with Crippen LogP contribution < -0.4 is 5.32 Å². The number of thioether (sulfide) groups is 1. The highest BCUT2D eigenvalue weighted by molar-refractivity contribution is 7.99. The molecule has 1 unspecified atom stereocenters. The fourth-order valence-corrected chi connectivity index (χ4v) is 6.29. The van der Waals surface area contributed by atoms with Crippen molar-refractivity contribution in [3.8, 4) is 17.7 Å². The molecule has 3 aromatic rings. The van der Waals surface area contributed by atoms with Crippen molar-refractivity contribution < 1.29 is 9.21 Å². The number of anilines is 1. The summed E-state index contributed by atoms with van der Waals surface area (Å²) in [5, 5.41) is 22.6. The van der Waals surface area contributed by atoms with Crippen LogP contribution >= 0.6 is 23.1 Å². The van der Waals surface area contributed by atoms with Crippen LogP contribution in [0.5, 0.6) is 0 Å². The molecule has 3 heterocycles. The van der Waals surface area contributed by atoms with Gasteiger partial charge in [-0.05, 0) is 54.7 Å². The van der Waals surface area contributed by atoms with Crippen molar-refractivity contribution in [3.63, 3.8) is 0 Å². The van der Waals surface area contributed by atoms with E-state index in [2.05, 4.69) is 49.3 Å². The predicted molar refractivity (Wildman–Crippen MR) is 131 cm³/mol. The van der Waals surface area contributed by atoms with Gasteiger partial charge in [-0.15, -0.1) is 21.5 Å². The zero-order chi connectivity index (χ0) is 23.6. The fourth-order valence-electron chi connectivity index (χ4n) is 4.23. The largest absolute Gasteiger partial charge is 0.461 e. The molecule has 33 heavy (non-hydrogen) atoms. The molecular weight excluding hydrogens is 454 g/mol. The summed E-state index contributed by atoms with van der Waals surface area (Å²) in [7, 11) is 0. The van der Waals surface area contributed by atoms with Crippen molar-refractivity contribution >= 4 is 34.0 Å². The second-order valence-corrected chi connectivity index (χ2v) is 11.4. The topological polar surface area (TPSA) is 96.7 Å². The first-order valence-electron chi connectivity index (χ1n) is 11.3. The molecule has 0 bridgehead atoms. The summed E-state index contributed by atoms with van der Waals surface area (Å²) in [6.07, 6.45) is 5.47. The number of fused-ring (bicyclic) bond motifs is 1. The number of rotatable bonds is 7. The molecule has 7 nitrogen and oxygen atoms in total. The minimum Gasteiger partial charge on any atom is -0.461 e. The normalized spacial score (nSPS) is 15.8. The van der Waals surface area contributed by atoms with E-state index in [4.69, 9.17) is 4.42 Å². The molecule has 0 saturated carbocycles. The Balaban J connectivity index is 1.45. The Hall–Kier alpha value is -2.57. The monoisotopic (exact) mass is 483 g/mol. The van der Waals surface area contributed by atoms with Gasteiger partial charge in [0.2, 0.25) is 5.91 Å². The van der Waals surface area contributed by atoms with Crippen LogP contribution in [0.4, 0.5) is 5.00 Å². The molecule has 0 fully saturated rings. The Morgan fingerprint density at radius 3 is 2.91 bits per heavy atom. The van der Waals surface area contributed by atoms with Gasteiger partial charge in [0.05, 0.1) is 17.6 Å². The number of nitriles is 1. The number of thiophene rings is 1. The van der Waals surface area contributed by atoms with E-state index in [0.29, 0.717) is 33.2 Å². The van der Waals surface area contributed by atoms with Crippen LogP contribution in [0.25, 0.3) is 11.6 Å². The van der Waals surface area contributed by atoms with Crippen LogP contribution in [0.15, 0.2) is 28.0 Å². The van der Waals surface area contributed by atoms with Crippen molar-refractivity contribution in [1.29, 1.82) is 5.26 Å². The van der Waals surface area contributed by atoms with Crippen LogP contribution in [-0.4, -0.2) is 26.4 Å². The van der Waals surface area contributed by atoms with Gasteiger partial charge in [0.1, 0.15) is 11.1 Å². The fraction of sp³-hybridized carbons (Fsp3) is 0.500. The Morgan fingerprint density at radius 2 is 2.24 bits per heavy atom. The van der Waals surface area contributed by atoms with Crippen molar-refractivity contribution in [2.75, 3.05) is 11.1 Å². The molecule has 1 amide bonds. The van der Waals surface area contributed by atoms with E-state index in [1.165, 1.54) is 16.6 Å². The molecule has 1 aliphatic rings. The van der Waals surface area contributed by atoms with Crippen LogP contribution in [-0.2, 0) is 24.2 Å². The van der Waals surface area contributed by atoms with Crippen molar-refractivity contribution in [2.24, 2.45) is 11.3 Å². The lowest BCUT2D eigenvalue weighted by atomic mass is 9.72. The Bertz CT molecular complexity index is 1170. The maximum absolute atomic E-state index is 12.8. The molecule has 0 aromatic carbocycles. The second kappa shape index (κ2) is 9.74. The van der Waals surface area contributed by atoms with E-state index < -0.39 is 0 Å². The van der Waals surface area contributed by atoms with E-state index in [1.54, 1.807) is 17.6 Å². The maximum atomic E-state index is 12.8. The van der Waals surface area contributed by atoms with E-state index in [9.17, 15) is 10.1 Å².